The molecule has 0 amide bonds. The molecule has 2 N–H and O–H groups in total. The van der Waals surface area contributed by atoms with Crippen LogP contribution in [0.25, 0.3) is 10.9 Å². The van der Waals surface area contributed by atoms with Crippen LogP contribution >= 0.6 is 0 Å². The molecule has 0 aliphatic carbocycles. The second-order valence-corrected chi connectivity index (χ2v) is 5.22. The number of fused-ring (bicyclic) bond motifs is 1. The van der Waals surface area contributed by atoms with Gasteiger partial charge in [-0.25, -0.2) is 0 Å². The van der Waals surface area contributed by atoms with E-state index in [0.29, 0.717) is 11.5 Å². The van der Waals surface area contributed by atoms with Crippen LogP contribution in [0.4, 0.5) is 5.69 Å². The van der Waals surface area contributed by atoms with E-state index in [9.17, 15) is 15.2 Å². The molecule has 7 nitrogen and oxygen atoms in total. The maximum absolute atomic E-state index is 10.6. The summed E-state index contributed by atoms with van der Waals surface area (Å²) in [5, 5.41) is 21.5. The molecule has 1 aromatic heterocycles. The van der Waals surface area contributed by atoms with Gasteiger partial charge in [-0.1, -0.05) is 6.07 Å². The van der Waals surface area contributed by atoms with Crippen LogP contribution in [0.5, 0.6) is 11.5 Å². The summed E-state index contributed by atoms with van der Waals surface area (Å²) < 4.78 is 11.0. The molecule has 0 spiro atoms. The molecule has 0 bridgehead atoms. The van der Waals surface area contributed by atoms with Crippen LogP contribution < -0.4 is 9.47 Å². The average molecular weight is 328 g/mol. The summed E-state index contributed by atoms with van der Waals surface area (Å²) in [6.45, 7) is 0.109. The molecule has 124 valence electrons. The lowest BCUT2D eigenvalue weighted by molar-refractivity contribution is -0.384. The number of rotatable bonds is 7. The molecule has 3 rings (SSSR count). The largest absolute Gasteiger partial charge is 0.491 e. The zero-order chi connectivity index (χ0) is 16.9. The Kier molecular flexibility index (Phi) is 4.62. The first kappa shape index (κ1) is 15.8. The van der Waals surface area contributed by atoms with Crippen LogP contribution in [0, 0.1) is 10.1 Å². The molecule has 1 unspecified atom stereocenters. The number of nitro benzene ring substituents is 1. The Morgan fingerprint density at radius 2 is 1.83 bits per heavy atom. The highest BCUT2D eigenvalue weighted by molar-refractivity contribution is 5.85. The minimum absolute atomic E-state index is 0.00849. The molecule has 0 aliphatic heterocycles. The molecular formula is C17H16N2O5. The number of nitrogens with zero attached hydrogens (tertiary/aromatic N) is 1. The van der Waals surface area contributed by atoms with E-state index < -0.39 is 11.0 Å². The molecule has 3 aromatic rings. The zero-order valence-electron chi connectivity index (χ0n) is 12.7. The topological polar surface area (TPSA) is 97.6 Å². The van der Waals surface area contributed by atoms with Gasteiger partial charge in [0.2, 0.25) is 0 Å². The van der Waals surface area contributed by atoms with E-state index in [-0.39, 0.29) is 18.9 Å². The van der Waals surface area contributed by atoms with Gasteiger partial charge in [0.15, 0.2) is 0 Å². The quantitative estimate of drug-likeness (QED) is 0.513. The fourth-order valence-corrected chi connectivity index (χ4v) is 2.27. The van der Waals surface area contributed by atoms with Crippen LogP contribution in [0.15, 0.2) is 54.7 Å². The third kappa shape index (κ3) is 3.64. The molecule has 7 heteroatoms. The van der Waals surface area contributed by atoms with Crippen molar-refractivity contribution in [3.63, 3.8) is 0 Å². The standard InChI is InChI=1S/C17H16N2O5/c20-13(10-23-14-6-4-12(5-7-14)19(21)22)11-24-17-3-1-2-16-15(17)8-9-18-16/h1-9,13,18,20H,10-11H2. The number of nitrogens with one attached hydrogen (secondary N) is 1. The SMILES string of the molecule is O=[N+]([O-])c1ccc(OCC(O)COc2cccc3[nH]ccc23)cc1. The Morgan fingerprint density at radius 1 is 1.08 bits per heavy atom. The van der Waals surface area contributed by atoms with Crippen LogP contribution in [0.2, 0.25) is 0 Å². The lowest BCUT2D eigenvalue weighted by atomic mass is 10.2. The normalized spacial score (nSPS) is 12.0. The van der Waals surface area contributed by atoms with Gasteiger partial charge in [0.1, 0.15) is 30.8 Å². The van der Waals surface area contributed by atoms with Crippen molar-refractivity contribution < 1.29 is 19.5 Å². The molecule has 0 saturated carbocycles. The number of ether oxygens (including phenoxy) is 2. The molecule has 24 heavy (non-hydrogen) atoms. The Morgan fingerprint density at radius 3 is 2.58 bits per heavy atom. The number of aliphatic hydroxyl groups excluding tert-OH is 1. The number of nitro groups is 1. The second-order valence-electron chi connectivity index (χ2n) is 5.22. The minimum Gasteiger partial charge on any atom is -0.491 e. The molecule has 1 atom stereocenters. The van der Waals surface area contributed by atoms with Gasteiger partial charge >= 0.3 is 0 Å². The fraction of sp³-hybridized carbons (Fsp3) is 0.176. The van der Waals surface area contributed by atoms with Gasteiger partial charge in [-0.15, -0.1) is 0 Å². The number of non-ortho nitro benzene ring substituents is 1. The van der Waals surface area contributed by atoms with Crippen LogP contribution in [-0.2, 0) is 0 Å². The van der Waals surface area contributed by atoms with Gasteiger partial charge in [0.25, 0.3) is 5.69 Å². The number of aromatic amines is 1. The van der Waals surface area contributed by atoms with Crippen LogP contribution in [0.3, 0.4) is 0 Å². The van der Waals surface area contributed by atoms with Crippen molar-refractivity contribution in [2.24, 2.45) is 0 Å². The van der Waals surface area contributed by atoms with Crippen molar-refractivity contribution in [3.8, 4) is 11.5 Å². The van der Waals surface area contributed by atoms with Crippen molar-refractivity contribution >= 4 is 16.6 Å². The fourth-order valence-electron chi connectivity index (χ4n) is 2.27. The van der Waals surface area contributed by atoms with Gasteiger partial charge in [0.05, 0.1) is 4.92 Å². The molecule has 2 aromatic carbocycles. The third-order valence-corrected chi connectivity index (χ3v) is 3.48. The van der Waals surface area contributed by atoms with E-state index in [2.05, 4.69) is 4.98 Å². The number of hydrogen-bond donors (Lipinski definition) is 2. The van der Waals surface area contributed by atoms with Crippen molar-refractivity contribution in [2.75, 3.05) is 13.2 Å². The van der Waals surface area contributed by atoms with Gasteiger partial charge in [0, 0.05) is 29.2 Å². The highest BCUT2D eigenvalue weighted by atomic mass is 16.6. The number of benzene rings is 2. The lowest BCUT2D eigenvalue weighted by Gasteiger charge is -2.14. The summed E-state index contributed by atoms with van der Waals surface area (Å²) in [5.41, 5.74) is 0.954. The predicted octanol–water partition coefficient (Wildman–Crippen LogP) is 2.89. The first-order chi connectivity index (χ1) is 11.6. The minimum atomic E-state index is -0.825. The molecule has 0 saturated heterocycles. The predicted molar refractivity (Wildman–Crippen MR) is 88.4 cm³/mol. The maximum Gasteiger partial charge on any atom is 0.269 e. The van der Waals surface area contributed by atoms with Crippen molar-refractivity contribution in [1.29, 1.82) is 0 Å². The summed E-state index contributed by atoms with van der Waals surface area (Å²) in [7, 11) is 0. The Hall–Kier alpha value is -3.06. The highest BCUT2D eigenvalue weighted by Gasteiger charge is 2.10. The molecule has 1 heterocycles. The highest BCUT2D eigenvalue weighted by Crippen LogP contribution is 2.24. The summed E-state index contributed by atoms with van der Waals surface area (Å²) in [6.07, 6.45) is 1.00. The third-order valence-electron chi connectivity index (χ3n) is 3.48. The lowest BCUT2D eigenvalue weighted by Crippen LogP contribution is -2.25. The van der Waals surface area contributed by atoms with E-state index in [1.165, 1.54) is 24.3 Å². The number of aromatic nitrogens is 1. The second kappa shape index (κ2) is 7.01. The van der Waals surface area contributed by atoms with Crippen LogP contribution in [-0.4, -0.2) is 34.3 Å². The monoisotopic (exact) mass is 328 g/mol. The average Bonchev–Trinajstić information content (AvgIpc) is 3.07. The van der Waals surface area contributed by atoms with Gasteiger partial charge < -0.3 is 19.6 Å². The number of hydrogen-bond acceptors (Lipinski definition) is 5. The first-order valence-electron chi connectivity index (χ1n) is 7.38. The van der Waals surface area contributed by atoms with Gasteiger partial charge in [-0.2, -0.15) is 0 Å². The van der Waals surface area contributed by atoms with Crippen molar-refractivity contribution in [2.45, 2.75) is 6.10 Å². The van der Waals surface area contributed by atoms with E-state index >= 15 is 0 Å². The summed E-state index contributed by atoms with van der Waals surface area (Å²) in [5.74, 6) is 1.13. The summed E-state index contributed by atoms with van der Waals surface area (Å²) in [4.78, 5) is 13.2. The van der Waals surface area contributed by atoms with E-state index in [4.69, 9.17) is 9.47 Å². The maximum atomic E-state index is 10.6. The Bertz CT molecular complexity index is 828. The zero-order valence-corrected chi connectivity index (χ0v) is 12.7. The Balaban J connectivity index is 1.51. The van der Waals surface area contributed by atoms with Crippen LogP contribution in [0.1, 0.15) is 0 Å². The van der Waals surface area contributed by atoms with E-state index in [0.717, 1.165) is 10.9 Å². The Labute approximate surface area is 137 Å². The number of H-pyrrole nitrogens is 1. The molecule has 0 fully saturated rings. The first-order valence-corrected chi connectivity index (χ1v) is 7.38. The summed E-state index contributed by atoms with van der Waals surface area (Å²) >= 11 is 0. The molecular weight excluding hydrogens is 312 g/mol. The summed E-state index contributed by atoms with van der Waals surface area (Å²) in [6, 6.07) is 13.2. The number of aliphatic hydroxyl groups is 1. The van der Waals surface area contributed by atoms with Gasteiger partial charge in [-0.05, 0) is 30.3 Å². The van der Waals surface area contributed by atoms with Crippen molar-refractivity contribution in [1.82, 2.24) is 4.98 Å². The smallest absolute Gasteiger partial charge is 0.269 e. The van der Waals surface area contributed by atoms with Gasteiger partial charge in [-0.3, -0.25) is 10.1 Å². The van der Waals surface area contributed by atoms with E-state index in [1.807, 2.05) is 30.5 Å². The van der Waals surface area contributed by atoms with Crippen molar-refractivity contribution in [3.05, 3.63) is 64.8 Å². The molecule has 0 aliphatic rings. The molecule has 0 radical (unpaired) electrons. The van der Waals surface area contributed by atoms with E-state index in [1.54, 1.807) is 0 Å².